The summed E-state index contributed by atoms with van der Waals surface area (Å²) in [6.45, 7) is 2.67. The number of nitrogens with one attached hydrogen (secondary N) is 1. The number of benzene rings is 2. The van der Waals surface area contributed by atoms with E-state index in [0.29, 0.717) is 12.5 Å². The largest absolute Gasteiger partial charge is 0.370 e. The highest BCUT2D eigenvalue weighted by molar-refractivity contribution is 6.30. The van der Waals surface area contributed by atoms with E-state index in [1.54, 1.807) is 0 Å². The zero-order valence-electron chi connectivity index (χ0n) is 11.4. The average molecular weight is 288 g/mol. The highest BCUT2D eigenvalue weighted by Gasteiger charge is 1.97. The van der Waals surface area contributed by atoms with E-state index in [1.165, 1.54) is 5.56 Å². The number of rotatable bonds is 4. The summed E-state index contributed by atoms with van der Waals surface area (Å²) < 4.78 is 0. The van der Waals surface area contributed by atoms with E-state index in [4.69, 9.17) is 17.3 Å². The molecule has 3 nitrogen and oxygen atoms in total. The lowest BCUT2D eigenvalue weighted by Gasteiger charge is -2.06. The molecule has 0 bridgehead atoms. The topological polar surface area (TPSA) is 50.4 Å². The second-order valence-corrected chi connectivity index (χ2v) is 5.08. The third-order valence-corrected chi connectivity index (χ3v) is 3.10. The molecule has 20 heavy (non-hydrogen) atoms. The van der Waals surface area contributed by atoms with Gasteiger partial charge in [-0.15, -0.1) is 0 Å². The molecule has 0 atom stereocenters. The van der Waals surface area contributed by atoms with E-state index < -0.39 is 0 Å². The Kier molecular flexibility index (Phi) is 5.02. The quantitative estimate of drug-likeness (QED) is 0.666. The summed E-state index contributed by atoms with van der Waals surface area (Å²) in [6.07, 6.45) is 0.816. The summed E-state index contributed by atoms with van der Waals surface area (Å²) >= 11 is 5.94. The minimum atomic E-state index is 0.428. The number of anilines is 1. The van der Waals surface area contributed by atoms with Gasteiger partial charge in [0.25, 0.3) is 0 Å². The van der Waals surface area contributed by atoms with Crippen LogP contribution in [0.1, 0.15) is 11.1 Å². The predicted octanol–water partition coefficient (Wildman–Crippen LogP) is 3.62. The first-order valence-corrected chi connectivity index (χ1v) is 6.89. The molecule has 0 aromatic heterocycles. The van der Waals surface area contributed by atoms with Gasteiger partial charge < -0.3 is 11.1 Å². The van der Waals surface area contributed by atoms with Crippen molar-refractivity contribution >= 4 is 23.2 Å². The van der Waals surface area contributed by atoms with Gasteiger partial charge in [0.05, 0.1) is 0 Å². The molecule has 4 heteroatoms. The van der Waals surface area contributed by atoms with E-state index in [9.17, 15) is 0 Å². The van der Waals surface area contributed by atoms with Gasteiger partial charge in [0.2, 0.25) is 0 Å². The molecule has 0 unspecified atom stereocenters. The Morgan fingerprint density at radius 1 is 1.20 bits per heavy atom. The third-order valence-electron chi connectivity index (χ3n) is 2.86. The van der Waals surface area contributed by atoms with Crippen molar-refractivity contribution in [2.24, 2.45) is 10.7 Å². The Balaban J connectivity index is 1.88. The summed E-state index contributed by atoms with van der Waals surface area (Å²) in [6, 6.07) is 15.8. The second-order valence-electron chi connectivity index (χ2n) is 4.64. The Morgan fingerprint density at radius 3 is 2.75 bits per heavy atom. The summed E-state index contributed by atoms with van der Waals surface area (Å²) in [5, 5.41) is 3.83. The number of nitrogens with zero attached hydrogens (tertiary/aromatic N) is 1. The molecule has 2 aromatic rings. The number of aryl methyl sites for hydroxylation is 1. The lowest BCUT2D eigenvalue weighted by molar-refractivity contribution is 0.965. The van der Waals surface area contributed by atoms with Crippen molar-refractivity contribution in [2.75, 3.05) is 11.9 Å². The Hall–Kier alpha value is -2.00. The van der Waals surface area contributed by atoms with E-state index >= 15 is 0 Å². The highest BCUT2D eigenvalue weighted by Crippen LogP contribution is 2.11. The van der Waals surface area contributed by atoms with Crippen LogP contribution in [0.3, 0.4) is 0 Å². The number of nitrogens with two attached hydrogens (primary N) is 1. The fraction of sp³-hybridized carbons (Fsp3) is 0.188. The number of hydrogen-bond acceptors (Lipinski definition) is 1. The first-order valence-electron chi connectivity index (χ1n) is 6.51. The molecule has 3 N–H and O–H groups in total. The minimum absolute atomic E-state index is 0.428. The Labute approximate surface area is 124 Å². The fourth-order valence-electron chi connectivity index (χ4n) is 1.91. The Bertz CT molecular complexity index is 608. The van der Waals surface area contributed by atoms with Gasteiger partial charge in [-0.1, -0.05) is 35.9 Å². The minimum Gasteiger partial charge on any atom is -0.370 e. The van der Waals surface area contributed by atoms with Crippen molar-refractivity contribution in [3.05, 3.63) is 64.7 Å². The number of aliphatic imine (C=N–C) groups is 1. The lowest BCUT2D eigenvalue weighted by atomic mass is 10.1. The number of hydrogen-bond donors (Lipinski definition) is 2. The van der Waals surface area contributed by atoms with Crippen LogP contribution in [0.25, 0.3) is 0 Å². The Morgan fingerprint density at radius 2 is 2.00 bits per heavy atom. The molecule has 0 fully saturated rings. The van der Waals surface area contributed by atoms with Gasteiger partial charge in [0, 0.05) is 17.3 Å². The van der Waals surface area contributed by atoms with Crippen molar-refractivity contribution < 1.29 is 0 Å². The van der Waals surface area contributed by atoms with Crippen LogP contribution in [0.4, 0.5) is 5.69 Å². The predicted molar refractivity (Wildman–Crippen MR) is 86.4 cm³/mol. The molecule has 2 rings (SSSR count). The van der Waals surface area contributed by atoms with Crippen LogP contribution >= 0.6 is 11.6 Å². The average Bonchev–Trinajstić information content (AvgIpc) is 2.38. The molecular weight excluding hydrogens is 270 g/mol. The van der Waals surface area contributed by atoms with E-state index in [-0.39, 0.29) is 0 Å². The van der Waals surface area contributed by atoms with Gasteiger partial charge in [0.15, 0.2) is 5.96 Å². The second kappa shape index (κ2) is 6.96. The molecular formula is C16H18ClN3. The monoisotopic (exact) mass is 287 g/mol. The highest BCUT2D eigenvalue weighted by atomic mass is 35.5. The van der Waals surface area contributed by atoms with Gasteiger partial charge in [-0.2, -0.15) is 0 Å². The van der Waals surface area contributed by atoms with Gasteiger partial charge >= 0.3 is 0 Å². The molecule has 0 spiro atoms. The van der Waals surface area contributed by atoms with Gasteiger partial charge in [-0.05, 0) is 48.7 Å². The van der Waals surface area contributed by atoms with Crippen LogP contribution < -0.4 is 11.1 Å². The molecule has 0 heterocycles. The van der Waals surface area contributed by atoms with Gasteiger partial charge in [0.1, 0.15) is 0 Å². The molecule has 0 aliphatic rings. The van der Waals surface area contributed by atoms with Crippen molar-refractivity contribution in [1.82, 2.24) is 0 Å². The SMILES string of the molecule is Cc1cccc(NC(N)=NCCc2cccc(Cl)c2)c1. The lowest BCUT2D eigenvalue weighted by Crippen LogP contribution is -2.23. The van der Waals surface area contributed by atoms with E-state index in [2.05, 4.69) is 10.3 Å². The van der Waals surface area contributed by atoms with Crippen molar-refractivity contribution in [2.45, 2.75) is 13.3 Å². The third kappa shape index (κ3) is 4.59. The normalized spacial score (nSPS) is 11.4. The van der Waals surface area contributed by atoms with Crippen LogP contribution in [-0.4, -0.2) is 12.5 Å². The molecule has 0 aliphatic carbocycles. The van der Waals surface area contributed by atoms with Crippen LogP contribution in [-0.2, 0) is 6.42 Å². The number of halogens is 1. The van der Waals surface area contributed by atoms with Gasteiger partial charge in [-0.25, -0.2) is 0 Å². The molecule has 104 valence electrons. The molecule has 0 radical (unpaired) electrons. The smallest absolute Gasteiger partial charge is 0.193 e. The van der Waals surface area contributed by atoms with Crippen LogP contribution in [0.5, 0.6) is 0 Å². The maximum Gasteiger partial charge on any atom is 0.193 e. The summed E-state index contributed by atoms with van der Waals surface area (Å²) in [5.74, 6) is 0.428. The van der Waals surface area contributed by atoms with Crippen molar-refractivity contribution in [3.63, 3.8) is 0 Å². The molecule has 0 saturated carbocycles. The van der Waals surface area contributed by atoms with Crippen molar-refractivity contribution in [3.8, 4) is 0 Å². The molecule has 2 aromatic carbocycles. The molecule has 0 amide bonds. The maximum absolute atomic E-state index is 5.94. The van der Waals surface area contributed by atoms with E-state index in [0.717, 1.165) is 22.7 Å². The van der Waals surface area contributed by atoms with Gasteiger partial charge in [-0.3, -0.25) is 4.99 Å². The van der Waals surface area contributed by atoms with Crippen LogP contribution in [0.2, 0.25) is 5.02 Å². The summed E-state index contributed by atoms with van der Waals surface area (Å²) in [4.78, 5) is 4.31. The van der Waals surface area contributed by atoms with Crippen LogP contribution in [0, 0.1) is 6.92 Å². The standard InChI is InChI=1S/C16H18ClN3/c1-12-4-2-7-15(10-12)20-16(18)19-9-8-13-5-3-6-14(17)11-13/h2-7,10-11H,8-9H2,1H3,(H3,18,19,20). The zero-order valence-corrected chi connectivity index (χ0v) is 12.2. The first-order chi connectivity index (χ1) is 9.63. The molecule has 0 saturated heterocycles. The number of guanidine groups is 1. The summed E-state index contributed by atoms with van der Waals surface area (Å²) in [5.41, 5.74) is 9.15. The maximum atomic E-state index is 5.94. The summed E-state index contributed by atoms with van der Waals surface area (Å²) in [7, 11) is 0. The zero-order chi connectivity index (χ0) is 14.4. The van der Waals surface area contributed by atoms with Crippen LogP contribution in [0.15, 0.2) is 53.5 Å². The fourth-order valence-corrected chi connectivity index (χ4v) is 2.12. The molecule has 0 aliphatic heterocycles. The van der Waals surface area contributed by atoms with E-state index in [1.807, 2.05) is 55.5 Å². The first kappa shape index (κ1) is 14.4. The van der Waals surface area contributed by atoms with Crippen molar-refractivity contribution in [1.29, 1.82) is 0 Å².